The van der Waals surface area contributed by atoms with Gasteiger partial charge in [-0.25, -0.2) is 4.39 Å². The molecule has 3 aromatic rings. The Morgan fingerprint density at radius 3 is 2.35 bits per heavy atom. The minimum absolute atomic E-state index is 0.00947. The van der Waals surface area contributed by atoms with E-state index < -0.39 is 17.6 Å². The van der Waals surface area contributed by atoms with E-state index in [-0.39, 0.29) is 29.4 Å². The number of anilines is 1. The highest BCUT2D eigenvalue weighted by atomic mass is 19.1. The molecule has 0 atom stereocenters. The van der Waals surface area contributed by atoms with Gasteiger partial charge in [0.15, 0.2) is 28.8 Å². The molecule has 8 nitrogen and oxygen atoms in total. The van der Waals surface area contributed by atoms with Gasteiger partial charge < -0.3 is 29.3 Å². The standard InChI is InChI=1S/C22H21FN2O6/c1-24-21(26)14-10-19(28-2)20(29-3)11-16(14)25-22(27)18-9-8-13(31-18)12-30-17-7-5-4-6-15(17)23/h4-11H,12H2,1-3H3,(H,24,26)(H,25,27). The molecule has 0 radical (unpaired) electrons. The van der Waals surface area contributed by atoms with Gasteiger partial charge in [-0.15, -0.1) is 0 Å². The second-order valence-corrected chi connectivity index (χ2v) is 6.27. The zero-order valence-corrected chi connectivity index (χ0v) is 17.2. The number of carbonyl (C=O) groups excluding carboxylic acids is 2. The fourth-order valence-electron chi connectivity index (χ4n) is 2.78. The number of para-hydroxylation sites is 1. The van der Waals surface area contributed by atoms with Gasteiger partial charge in [0.2, 0.25) is 0 Å². The van der Waals surface area contributed by atoms with Crippen LogP contribution in [0.2, 0.25) is 0 Å². The fraction of sp³-hybridized carbons (Fsp3) is 0.182. The summed E-state index contributed by atoms with van der Waals surface area (Å²) in [5.74, 6) is -0.442. The second kappa shape index (κ2) is 9.66. The van der Waals surface area contributed by atoms with Gasteiger partial charge >= 0.3 is 0 Å². The van der Waals surface area contributed by atoms with Crippen molar-refractivity contribution in [3.8, 4) is 17.2 Å². The first-order valence-corrected chi connectivity index (χ1v) is 9.22. The summed E-state index contributed by atoms with van der Waals surface area (Å²) in [6.45, 7) is -0.0614. The highest BCUT2D eigenvalue weighted by Crippen LogP contribution is 2.33. The average molecular weight is 428 g/mol. The highest BCUT2D eigenvalue weighted by molar-refractivity contribution is 6.08. The summed E-state index contributed by atoms with van der Waals surface area (Å²) in [4.78, 5) is 24.9. The lowest BCUT2D eigenvalue weighted by Gasteiger charge is -2.14. The highest BCUT2D eigenvalue weighted by Gasteiger charge is 2.20. The largest absolute Gasteiger partial charge is 0.493 e. The van der Waals surface area contributed by atoms with E-state index >= 15 is 0 Å². The van der Waals surface area contributed by atoms with Gasteiger partial charge in [0.25, 0.3) is 11.8 Å². The van der Waals surface area contributed by atoms with Gasteiger partial charge in [-0.1, -0.05) is 12.1 Å². The van der Waals surface area contributed by atoms with E-state index in [1.54, 1.807) is 18.2 Å². The Bertz CT molecular complexity index is 1100. The molecule has 162 valence electrons. The molecule has 3 rings (SSSR count). The van der Waals surface area contributed by atoms with Crippen LogP contribution in [0.15, 0.2) is 52.9 Å². The molecule has 0 saturated carbocycles. The van der Waals surface area contributed by atoms with Crippen LogP contribution in [-0.2, 0) is 6.61 Å². The number of benzene rings is 2. The molecule has 0 unspecified atom stereocenters. The minimum atomic E-state index is -0.588. The van der Waals surface area contributed by atoms with Crippen molar-refractivity contribution >= 4 is 17.5 Å². The quantitative estimate of drug-likeness (QED) is 0.569. The summed E-state index contributed by atoms with van der Waals surface area (Å²) in [6.07, 6.45) is 0. The molecule has 0 spiro atoms. The molecule has 0 fully saturated rings. The van der Waals surface area contributed by atoms with Gasteiger partial charge in [0.05, 0.1) is 25.5 Å². The molecule has 9 heteroatoms. The fourth-order valence-corrected chi connectivity index (χ4v) is 2.78. The third-order valence-corrected chi connectivity index (χ3v) is 4.34. The molecule has 1 aromatic heterocycles. The van der Waals surface area contributed by atoms with Crippen molar-refractivity contribution in [2.45, 2.75) is 6.61 Å². The van der Waals surface area contributed by atoms with Gasteiger partial charge in [-0.2, -0.15) is 0 Å². The summed E-state index contributed by atoms with van der Waals surface area (Å²) in [6, 6.07) is 11.9. The lowest BCUT2D eigenvalue weighted by Crippen LogP contribution is -2.21. The normalized spacial score (nSPS) is 10.3. The molecule has 0 saturated heterocycles. The Hall–Kier alpha value is -4.01. The first-order valence-electron chi connectivity index (χ1n) is 9.22. The van der Waals surface area contributed by atoms with Crippen LogP contribution in [0.5, 0.6) is 17.2 Å². The summed E-state index contributed by atoms with van der Waals surface area (Å²) >= 11 is 0. The van der Waals surface area contributed by atoms with Crippen LogP contribution in [0.4, 0.5) is 10.1 Å². The molecule has 31 heavy (non-hydrogen) atoms. The lowest BCUT2D eigenvalue weighted by atomic mass is 10.1. The summed E-state index contributed by atoms with van der Waals surface area (Å²) in [5.41, 5.74) is 0.394. The maximum absolute atomic E-state index is 13.6. The number of carbonyl (C=O) groups is 2. The van der Waals surface area contributed by atoms with E-state index in [9.17, 15) is 14.0 Å². The van der Waals surface area contributed by atoms with Crippen molar-refractivity contribution in [3.63, 3.8) is 0 Å². The maximum Gasteiger partial charge on any atom is 0.291 e. The van der Waals surface area contributed by atoms with E-state index in [2.05, 4.69) is 10.6 Å². The van der Waals surface area contributed by atoms with Crippen molar-refractivity contribution in [2.75, 3.05) is 26.6 Å². The van der Waals surface area contributed by atoms with Crippen molar-refractivity contribution in [1.29, 1.82) is 0 Å². The first-order chi connectivity index (χ1) is 15.0. The monoisotopic (exact) mass is 428 g/mol. The lowest BCUT2D eigenvalue weighted by molar-refractivity contribution is 0.0963. The van der Waals surface area contributed by atoms with Crippen LogP contribution in [0.25, 0.3) is 0 Å². The van der Waals surface area contributed by atoms with Crippen LogP contribution in [0.3, 0.4) is 0 Å². The van der Waals surface area contributed by atoms with Crippen LogP contribution in [0, 0.1) is 5.82 Å². The topological polar surface area (TPSA) is 99.0 Å². The molecular weight excluding hydrogens is 407 g/mol. The predicted octanol–water partition coefficient (Wildman–Crippen LogP) is 3.63. The summed E-state index contributed by atoms with van der Waals surface area (Å²) < 4.78 is 35.0. The molecule has 1 heterocycles. The molecule has 0 aliphatic rings. The number of rotatable bonds is 8. The van der Waals surface area contributed by atoms with E-state index in [0.717, 1.165) is 0 Å². The number of methoxy groups -OCH3 is 2. The van der Waals surface area contributed by atoms with Crippen molar-refractivity contribution < 1.29 is 32.6 Å². The SMILES string of the molecule is CNC(=O)c1cc(OC)c(OC)cc1NC(=O)c1ccc(COc2ccccc2F)o1. The Balaban J connectivity index is 1.77. The maximum atomic E-state index is 13.6. The molecular formula is C22H21FN2O6. The number of halogens is 1. The third kappa shape index (κ3) is 4.95. The Labute approximate surface area is 177 Å². The van der Waals surface area contributed by atoms with Gasteiger partial charge in [-0.3, -0.25) is 9.59 Å². The Morgan fingerprint density at radius 2 is 1.68 bits per heavy atom. The first kappa shape index (κ1) is 21.7. The van der Waals surface area contributed by atoms with Crippen LogP contribution >= 0.6 is 0 Å². The van der Waals surface area contributed by atoms with Crippen LogP contribution in [-0.4, -0.2) is 33.1 Å². The average Bonchev–Trinajstić information content (AvgIpc) is 3.27. The summed E-state index contributed by atoms with van der Waals surface area (Å²) in [5, 5.41) is 5.14. The van der Waals surface area contributed by atoms with Gasteiger partial charge in [0, 0.05) is 13.1 Å². The zero-order chi connectivity index (χ0) is 22.4. The molecule has 2 N–H and O–H groups in total. The molecule has 0 bridgehead atoms. The molecule has 2 amide bonds. The summed E-state index contributed by atoms with van der Waals surface area (Å²) in [7, 11) is 4.36. The number of furan rings is 1. The third-order valence-electron chi connectivity index (χ3n) is 4.34. The number of hydrogen-bond acceptors (Lipinski definition) is 6. The predicted molar refractivity (Wildman–Crippen MR) is 110 cm³/mol. The van der Waals surface area contributed by atoms with Gasteiger partial charge in [-0.05, 0) is 30.3 Å². The Kier molecular flexibility index (Phi) is 6.76. The van der Waals surface area contributed by atoms with Crippen molar-refractivity contribution in [1.82, 2.24) is 5.32 Å². The molecule has 0 aliphatic heterocycles. The van der Waals surface area contributed by atoms with Crippen molar-refractivity contribution in [3.05, 3.63) is 71.4 Å². The van der Waals surface area contributed by atoms with E-state index in [1.807, 2.05) is 0 Å². The smallest absolute Gasteiger partial charge is 0.291 e. The minimum Gasteiger partial charge on any atom is -0.493 e. The van der Waals surface area contributed by atoms with Crippen molar-refractivity contribution in [2.24, 2.45) is 0 Å². The van der Waals surface area contributed by atoms with E-state index in [4.69, 9.17) is 18.6 Å². The number of hydrogen-bond donors (Lipinski definition) is 2. The van der Waals surface area contributed by atoms with Gasteiger partial charge in [0.1, 0.15) is 12.4 Å². The molecule has 0 aliphatic carbocycles. The molecule has 2 aromatic carbocycles. The van der Waals surface area contributed by atoms with Crippen LogP contribution in [0.1, 0.15) is 26.7 Å². The van der Waals surface area contributed by atoms with E-state index in [0.29, 0.717) is 17.3 Å². The second-order valence-electron chi connectivity index (χ2n) is 6.27. The Morgan fingerprint density at radius 1 is 0.968 bits per heavy atom. The zero-order valence-electron chi connectivity index (χ0n) is 17.2. The number of ether oxygens (including phenoxy) is 3. The van der Waals surface area contributed by atoms with E-state index in [1.165, 1.54) is 51.6 Å². The van der Waals surface area contributed by atoms with Crippen LogP contribution < -0.4 is 24.8 Å². The number of amides is 2. The number of nitrogens with one attached hydrogen (secondary N) is 2.